The summed E-state index contributed by atoms with van der Waals surface area (Å²) >= 11 is 6.24. The summed E-state index contributed by atoms with van der Waals surface area (Å²) in [5.74, 6) is 1.87. The molecular formula is C30H37ClN4O2. The van der Waals surface area contributed by atoms with E-state index in [1.807, 2.05) is 19.1 Å². The van der Waals surface area contributed by atoms with Crippen LogP contribution in [-0.4, -0.2) is 60.0 Å². The second kappa shape index (κ2) is 11.3. The van der Waals surface area contributed by atoms with Crippen LogP contribution in [0.4, 0.5) is 5.69 Å². The Kier molecular flexibility index (Phi) is 7.87. The van der Waals surface area contributed by atoms with Crippen LogP contribution in [0.25, 0.3) is 11.5 Å². The standard InChI is InChI=1S/C30H37ClN4O2/c1-4-23-8-10-24(11-9-23)29-32-27(22(3)37-29)20-33-13-5-6-25(19-33)30(36)35-16-14-34(15-17-35)28-18-26(31)12-7-21(28)2/h7-12,18,25H,4-6,13-17,19-20H2,1-3H3/t25-/m1/s1. The van der Waals surface area contributed by atoms with Gasteiger partial charge in [0.05, 0.1) is 11.6 Å². The van der Waals surface area contributed by atoms with Gasteiger partial charge in [-0.1, -0.05) is 36.7 Å². The average Bonchev–Trinajstić information content (AvgIpc) is 3.29. The van der Waals surface area contributed by atoms with Crippen molar-refractivity contribution in [2.24, 2.45) is 5.92 Å². The number of hydrogen-bond acceptors (Lipinski definition) is 5. The van der Waals surface area contributed by atoms with E-state index in [2.05, 4.69) is 58.9 Å². The van der Waals surface area contributed by atoms with Crippen molar-refractivity contribution < 1.29 is 9.21 Å². The van der Waals surface area contributed by atoms with Crippen LogP contribution in [0, 0.1) is 19.8 Å². The van der Waals surface area contributed by atoms with Gasteiger partial charge in [-0.2, -0.15) is 0 Å². The molecule has 1 aromatic heterocycles. The largest absolute Gasteiger partial charge is 0.441 e. The van der Waals surface area contributed by atoms with Crippen LogP contribution < -0.4 is 4.90 Å². The molecule has 0 spiro atoms. The summed E-state index contributed by atoms with van der Waals surface area (Å²) in [6.07, 6.45) is 3.00. The fraction of sp³-hybridized carbons (Fsp3) is 0.467. The maximum absolute atomic E-state index is 13.4. The number of hydrogen-bond donors (Lipinski definition) is 0. The molecule has 1 atom stereocenters. The number of likely N-dealkylation sites (tertiary alicyclic amines) is 1. The zero-order valence-electron chi connectivity index (χ0n) is 22.2. The van der Waals surface area contributed by atoms with Crippen LogP contribution in [0.15, 0.2) is 46.9 Å². The number of aromatic nitrogens is 1. The van der Waals surface area contributed by atoms with Gasteiger partial charge in [0.1, 0.15) is 5.76 Å². The molecule has 6 nitrogen and oxygen atoms in total. The van der Waals surface area contributed by atoms with Gasteiger partial charge in [0.15, 0.2) is 0 Å². The molecule has 2 fully saturated rings. The number of anilines is 1. The molecule has 0 unspecified atom stereocenters. The molecule has 0 radical (unpaired) electrons. The van der Waals surface area contributed by atoms with Crippen molar-refractivity contribution in [2.45, 2.75) is 46.6 Å². The summed E-state index contributed by atoms with van der Waals surface area (Å²) in [4.78, 5) is 25.0. The maximum atomic E-state index is 13.4. The highest BCUT2D eigenvalue weighted by Gasteiger charge is 2.32. The van der Waals surface area contributed by atoms with Gasteiger partial charge in [-0.25, -0.2) is 4.98 Å². The van der Waals surface area contributed by atoms with Gasteiger partial charge in [-0.15, -0.1) is 0 Å². The smallest absolute Gasteiger partial charge is 0.227 e. The summed E-state index contributed by atoms with van der Waals surface area (Å²) in [5.41, 5.74) is 5.67. The highest BCUT2D eigenvalue weighted by molar-refractivity contribution is 6.30. The zero-order valence-corrected chi connectivity index (χ0v) is 22.9. The number of rotatable bonds is 6. The minimum absolute atomic E-state index is 0.0430. The molecule has 2 aliphatic heterocycles. The van der Waals surface area contributed by atoms with Gasteiger partial charge in [-0.3, -0.25) is 9.69 Å². The number of carbonyl (C=O) groups is 1. The minimum atomic E-state index is 0.0430. The number of oxazole rings is 1. The van der Waals surface area contributed by atoms with E-state index >= 15 is 0 Å². The number of piperidine rings is 1. The van der Waals surface area contributed by atoms with E-state index in [0.717, 1.165) is 80.6 Å². The summed E-state index contributed by atoms with van der Waals surface area (Å²) in [6.45, 7) is 11.9. The molecule has 0 saturated carbocycles. The lowest BCUT2D eigenvalue weighted by Crippen LogP contribution is -2.52. The minimum Gasteiger partial charge on any atom is -0.441 e. The molecule has 2 aliphatic rings. The van der Waals surface area contributed by atoms with Gasteiger partial charge in [-0.05, 0) is 75.0 Å². The lowest BCUT2D eigenvalue weighted by molar-refractivity contribution is -0.137. The van der Waals surface area contributed by atoms with E-state index in [1.54, 1.807) is 0 Å². The molecule has 0 aliphatic carbocycles. The van der Waals surface area contributed by atoms with Crippen LogP contribution in [0.5, 0.6) is 0 Å². The van der Waals surface area contributed by atoms with Crippen molar-refractivity contribution in [1.29, 1.82) is 0 Å². The summed E-state index contributed by atoms with van der Waals surface area (Å²) in [5, 5.41) is 0.755. The van der Waals surface area contributed by atoms with Crippen molar-refractivity contribution in [2.75, 3.05) is 44.2 Å². The highest BCUT2D eigenvalue weighted by Crippen LogP contribution is 2.28. The van der Waals surface area contributed by atoms with E-state index in [4.69, 9.17) is 21.0 Å². The quantitative estimate of drug-likeness (QED) is 0.415. The Bertz CT molecular complexity index is 1230. The van der Waals surface area contributed by atoms with E-state index in [1.165, 1.54) is 16.8 Å². The van der Waals surface area contributed by atoms with Crippen LogP contribution in [0.1, 0.15) is 42.3 Å². The van der Waals surface area contributed by atoms with Crippen LogP contribution in [0.2, 0.25) is 5.02 Å². The molecule has 37 heavy (non-hydrogen) atoms. The number of carbonyl (C=O) groups excluding carboxylic acids is 1. The van der Waals surface area contributed by atoms with Crippen molar-refractivity contribution in [3.8, 4) is 11.5 Å². The van der Waals surface area contributed by atoms with Gasteiger partial charge in [0, 0.05) is 55.5 Å². The molecule has 3 heterocycles. The van der Waals surface area contributed by atoms with Crippen molar-refractivity contribution >= 4 is 23.2 Å². The van der Waals surface area contributed by atoms with E-state index in [-0.39, 0.29) is 5.92 Å². The molecule has 1 amide bonds. The Labute approximate surface area is 225 Å². The summed E-state index contributed by atoms with van der Waals surface area (Å²) < 4.78 is 6.02. The zero-order chi connectivity index (χ0) is 25.9. The second-order valence-electron chi connectivity index (χ2n) is 10.4. The lowest BCUT2D eigenvalue weighted by atomic mass is 9.96. The topological polar surface area (TPSA) is 52.8 Å². The van der Waals surface area contributed by atoms with E-state index in [0.29, 0.717) is 18.3 Å². The monoisotopic (exact) mass is 520 g/mol. The van der Waals surface area contributed by atoms with E-state index < -0.39 is 0 Å². The third-order valence-corrected chi connectivity index (χ3v) is 8.07. The molecule has 2 saturated heterocycles. The van der Waals surface area contributed by atoms with Crippen molar-refractivity contribution in [3.63, 3.8) is 0 Å². The van der Waals surface area contributed by atoms with Gasteiger partial charge in [0.2, 0.25) is 11.8 Å². The first-order chi connectivity index (χ1) is 17.9. The number of halogens is 1. The van der Waals surface area contributed by atoms with Crippen LogP contribution in [-0.2, 0) is 17.8 Å². The fourth-order valence-electron chi connectivity index (χ4n) is 5.54. The molecule has 0 bridgehead atoms. The number of aryl methyl sites for hydroxylation is 3. The lowest BCUT2D eigenvalue weighted by Gasteiger charge is -2.40. The predicted octanol–water partition coefficient (Wildman–Crippen LogP) is 5.74. The SMILES string of the molecule is CCc1ccc(-c2nc(CN3CCC[C@@H](C(=O)N4CCN(c5cc(Cl)ccc5C)CC4)C3)c(C)o2)cc1. The first-order valence-electron chi connectivity index (χ1n) is 13.5. The number of benzene rings is 2. The summed E-state index contributed by atoms with van der Waals surface area (Å²) in [7, 11) is 0. The normalized spacial score (nSPS) is 18.9. The Morgan fingerprint density at radius 3 is 2.54 bits per heavy atom. The third-order valence-electron chi connectivity index (χ3n) is 7.83. The summed E-state index contributed by atoms with van der Waals surface area (Å²) in [6, 6.07) is 14.4. The van der Waals surface area contributed by atoms with Crippen LogP contribution in [0.3, 0.4) is 0 Å². The first kappa shape index (κ1) is 25.8. The number of piperazine rings is 1. The van der Waals surface area contributed by atoms with Gasteiger partial charge < -0.3 is 14.2 Å². The van der Waals surface area contributed by atoms with Gasteiger partial charge in [0.25, 0.3) is 0 Å². The number of amides is 1. The van der Waals surface area contributed by atoms with E-state index in [9.17, 15) is 4.79 Å². The maximum Gasteiger partial charge on any atom is 0.227 e. The predicted molar refractivity (Wildman–Crippen MR) is 149 cm³/mol. The molecule has 0 N–H and O–H groups in total. The molecule has 3 aromatic rings. The fourth-order valence-corrected chi connectivity index (χ4v) is 5.71. The average molecular weight is 521 g/mol. The molecular weight excluding hydrogens is 484 g/mol. The van der Waals surface area contributed by atoms with Crippen molar-refractivity contribution in [1.82, 2.24) is 14.8 Å². The molecule has 2 aromatic carbocycles. The first-order valence-corrected chi connectivity index (χ1v) is 13.9. The Morgan fingerprint density at radius 2 is 1.81 bits per heavy atom. The molecule has 196 valence electrons. The Morgan fingerprint density at radius 1 is 1.05 bits per heavy atom. The van der Waals surface area contributed by atoms with Gasteiger partial charge >= 0.3 is 0 Å². The third kappa shape index (κ3) is 5.86. The van der Waals surface area contributed by atoms with Crippen LogP contribution >= 0.6 is 11.6 Å². The molecule has 5 rings (SSSR count). The Balaban J connectivity index is 1.18. The highest BCUT2D eigenvalue weighted by atomic mass is 35.5. The number of nitrogens with zero attached hydrogens (tertiary/aromatic N) is 4. The second-order valence-corrected chi connectivity index (χ2v) is 10.8. The molecule has 7 heteroatoms. The van der Waals surface area contributed by atoms with Crippen molar-refractivity contribution in [3.05, 3.63) is 70.1 Å². The Hall–Kier alpha value is -2.83.